The first-order valence-electron chi connectivity index (χ1n) is 6.90. The summed E-state index contributed by atoms with van der Waals surface area (Å²) in [4.78, 5) is 0.286. The molecule has 0 aliphatic carbocycles. The van der Waals surface area contributed by atoms with E-state index in [1.165, 1.54) is 6.26 Å². The minimum Gasteiger partial charge on any atom is -0.489 e. The van der Waals surface area contributed by atoms with E-state index in [-0.39, 0.29) is 11.0 Å². The Morgan fingerprint density at radius 2 is 1.85 bits per heavy atom. The van der Waals surface area contributed by atoms with E-state index in [0.29, 0.717) is 17.7 Å². The lowest BCUT2D eigenvalue weighted by Crippen LogP contribution is -2.38. The summed E-state index contributed by atoms with van der Waals surface area (Å²) in [6.45, 7) is 9.09. The second-order valence-corrected chi connectivity index (χ2v) is 7.73. The summed E-state index contributed by atoms with van der Waals surface area (Å²) in [5.74, 6) is 0.931. The molecule has 1 rings (SSSR count). The highest BCUT2D eigenvalue weighted by molar-refractivity contribution is 7.90. The summed E-state index contributed by atoms with van der Waals surface area (Å²) in [7, 11) is -3.20. The Balaban J connectivity index is 2.83. The fourth-order valence-corrected chi connectivity index (χ4v) is 2.37. The van der Waals surface area contributed by atoms with Crippen LogP contribution in [0.2, 0.25) is 0 Å². The van der Waals surface area contributed by atoms with Gasteiger partial charge in [-0.1, -0.05) is 33.8 Å². The topological polar surface area (TPSA) is 55.4 Å². The first-order valence-corrected chi connectivity index (χ1v) is 8.79. The van der Waals surface area contributed by atoms with Gasteiger partial charge in [-0.3, -0.25) is 0 Å². The molecule has 1 aromatic carbocycles. The van der Waals surface area contributed by atoms with E-state index in [2.05, 4.69) is 33.0 Å². The fourth-order valence-electron chi connectivity index (χ4n) is 1.72. The molecule has 0 spiro atoms. The highest BCUT2D eigenvalue weighted by Gasteiger charge is 2.16. The van der Waals surface area contributed by atoms with Crippen molar-refractivity contribution in [3.8, 4) is 5.75 Å². The van der Waals surface area contributed by atoms with Gasteiger partial charge in [-0.15, -0.1) is 0 Å². The summed E-state index contributed by atoms with van der Waals surface area (Å²) in [6, 6.07) is 7.06. The zero-order chi connectivity index (χ0) is 15.3. The summed E-state index contributed by atoms with van der Waals surface area (Å²) >= 11 is 0. The molecule has 0 amide bonds. The van der Waals surface area contributed by atoms with Crippen LogP contribution in [-0.2, 0) is 9.84 Å². The molecule has 20 heavy (non-hydrogen) atoms. The van der Waals surface area contributed by atoms with Crippen LogP contribution >= 0.6 is 0 Å². The van der Waals surface area contributed by atoms with E-state index in [9.17, 15) is 8.42 Å². The number of nitrogens with one attached hydrogen (secondary N) is 1. The van der Waals surface area contributed by atoms with Crippen molar-refractivity contribution in [1.29, 1.82) is 0 Å². The van der Waals surface area contributed by atoms with Crippen LogP contribution in [0.15, 0.2) is 29.2 Å². The van der Waals surface area contributed by atoms with Crippen molar-refractivity contribution < 1.29 is 13.2 Å². The maximum absolute atomic E-state index is 11.6. The second kappa shape index (κ2) is 7.09. The average Bonchev–Trinajstić information content (AvgIpc) is 2.33. The summed E-state index contributed by atoms with van der Waals surface area (Å²) in [5, 5.41) is 3.35. The predicted octanol–water partition coefficient (Wildman–Crippen LogP) is 2.49. The van der Waals surface area contributed by atoms with Gasteiger partial charge in [0.1, 0.15) is 11.9 Å². The summed E-state index contributed by atoms with van der Waals surface area (Å²) in [5.41, 5.74) is 0. The van der Waals surface area contributed by atoms with Gasteiger partial charge in [0, 0.05) is 18.8 Å². The molecule has 1 unspecified atom stereocenters. The number of sulfone groups is 1. The molecule has 0 aromatic heterocycles. The van der Waals surface area contributed by atoms with Gasteiger partial charge >= 0.3 is 0 Å². The zero-order valence-corrected chi connectivity index (χ0v) is 13.7. The van der Waals surface area contributed by atoms with Gasteiger partial charge in [-0.2, -0.15) is 0 Å². The quantitative estimate of drug-likeness (QED) is 0.840. The predicted molar refractivity (Wildman–Crippen MR) is 81.9 cm³/mol. The molecule has 0 fully saturated rings. The van der Waals surface area contributed by atoms with E-state index in [1.54, 1.807) is 24.3 Å². The minimum absolute atomic E-state index is 0.00668. The largest absolute Gasteiger partial charge is 0.489 e. The summed E-state index contributed by atoms with van der Waals surface area (Å²) < 4.78 is 29.0. The van der Waals surface area contributed by atoms with Crippen molar-refractivity contribution >= 4 is 9.84 Å². The molecular weight excluding hydrogens is 274 g/mol. The van der Waals surface area contributed by atoms with E-state index in [4.69, 9.17) is 4.74 Å². The molecule has 5 heteroatoms. The molecule has 0 bridgehead atoms. The molecule has 114 valence electrons. The van der Waals surface area contributed by atoms with Crippen molar-refractivity contribution in [2.45, 2.75) is 44.7 Å². The van der Waals surface area contributed by atoms with Gasteiger partial charge in [-0.05, 0) is 24.1 Å². The third kappa shape index (κ3) is 5.51. The smallest absolute Gasteiger partial charge is 0.175 e. The van der Waals surface area contributed by atoms with E-state index < -0.39 is 9.84 Å². The Kier molecular flexibility index (Phi) is 6.02. The molecule has 0 radical (unpaired) electrons. The first-order chi connectivity index (χ1) is 9.20. The molecule has 1 N–H and O–H groups in total. The number of hydrogen-bond acceptors (Lipinski definition) is 4. The third-order valence-electron chi connectivity index (χ3n) is 2.99. The molecule has 1 atom stereocenters. The Bertz CT molecular complexity index is 524. The third-order valence-corrected chi connectivity index (χ3v) is 4.10. The van der Waals surface area contributed by atoms with E-state index >= 15 is 0 Å². The first kappa shape index (κ1) is 17.0. The van der Waals surface area contributed by atoms with Crippen molar-refractivity contribution in [1.82, 2.24) is 5.32 Å². The Morgan fingerprint density at radius 3 is 2.35 bits per heavy atom. The van der Waals surface area contributed by atoms with Gasteiger partial charge in [0.15, 0.2) is 9.84 Å². The van der Waals surface area contributed by atoms with Crippen LogP contribution in [0.3, 0.4) is 0 Å². The number of benzene rings is 1. The van der Waals surface area contributed by atoms with Gasteiger partial charge in [0.05, 0.1) is 4.90 Å². The average molecular weight is 299 g/mol. The Hall–Kier alpha value is -1.07. The van der Waals surface area contributed by atoms with Crippen LogP contribution < -0.4 is 10.1 Å². The normalized spacial score (nSPS) is 13.8. The molecule has 4 nitrogen and oxygen atoms in total. The molecule has 0 saturated carbocycles. The lowest BCUT2D eigenvalue weighted by atomic mass is 10.1. The van der Waals surface area contributed by atoms with Crippen LogP contribution in [0.4, 0.5) is 0 Å². The lowest BCUT2D eigenvalue weighted by Gasteiger charge is -2.24. The maximum Gasteiger partial charge on any atom is 0.175 e. The monoisotopic (exact) mass is 299 g/mol. The maximum atomic E-state index is 11.6. The minimum atomic E-state index is -3.20. The van der Waals surface area contributed by atoms with Crippen molar-refractivity contribution in [2.24, 2.45) is 5.92 Å². The van der Waals surface area contributed by atoms with Gasteiger partial charge in [0.25, 0.3) is 0 Å². The second-order valence-electron chi connectivity index (χ2n) is 5.71. The van der Waals surface area contributed by atoms with Crippen LogP contribution in [0.25, 0.3) is 0 Å². The van der Waals surface area contributed by atoms with Gasteiger partial charge < -0.3 is 10.1 Å². The fraction of sp³-hybridized carbons (Fsp3) is 0.600. The van der Waals surface area contributed by atoms with Crippen molar-refractivity contribution in [3.63, 3.8) is 0 Å². The molecule has 0 saturated heterocycles. The van der Waals surface area contributed by atoms with E-state index in [1.807, 2.05) is 0 Å². The Labute approximate surface area is 122 Å². The van der Waals surface area contributed by atoms with Crippen LogP contribution in [-0.4, -0.2) is 33.4 Å². The molecular formula is C15H25NO3S. The highest BCUT2D eigenvalue weighted by Crippen LogP contribution is 2.20. The molecule has 0 heterocycles. The SMILES string of the molecule is CC(C)NCC(Oc1cccc(S(C)(=O)=O)c1)C(C)C. The lowest BCUT2D eigenvalue weighted by molar-refractivity contribution is 0.146. The molecule has 0 aliphatic heterocycles. The van der Waals surface area contributed by atoms with Gasteiger partial charge in [-0.25, -0.2) is 8.42 Å². The number of ether oxygens (including phenoxy) is 1. The van der Waals surface area contributed by atoms with Crippen molar-refractivity contribution in [3.05, 3.63) is 24.3 Å². The van der Waals surface area contributed by atoms with Crippen molar-refractivity contribution in [2.75, 3.05) is 12.8 Å². The molecule has 0 aliphatic rings. The van der Waals surface area contributed by atoms with Gasteiger partial charge in [0.2, 0.25) is 0 Å². The van der Waals surface area contributed by atoms with Crippen LogP contribution in [0.5, 0.6) is 5.75 Å². The Morgan fingerprint density at radius 1 is 1.20 bits per heavy atom. The van der Waals surface area contributed by atoms with E-state index in [0.717, 1.165) is 6.54 Å². The van der Waals surface area contributed by atoms with Crippen LogP contribution in [0, 0.1) is 5.92 Å². The zero-order valence-electron chi connectivity index (χ0n) is 12.9. The number of hydrogen-bond donors (Lipinski definition) is 1. The highest BCUT2D eigenvalue weighted by atomic mass is 32.2. The molecule has 1 aromatic rings. The van der Waals surface area contributed by atoms with Crippen LogP contribution in [0.1, 0.15) is 27.7 Å². The standard InChI is InChI=1S/C15H25NO3S/c1-11(2)15(10-16-12(3)4)19-13-7-6-8-14(9-13)20(5,17)18/h6-9,11-12,15-16H,10H2,1-5H3. The summed E-state index contributed by atoms with van der Waals surface area (Å²) in [6.07, 6.45) is 1.21. The number of rotatable bonds is 7.